The van der Waals surface area contributed by atoms with E-state index in [2.05, 4.69) is 14.9 Å². The van der Waals surface area contributed by atoms with Crippen molar-refractivity contribution in [2.24, 2.45) is 0 Å². The van der Waals surface area contributed by atoms with Crippen LogP contribution in [-0.2, 0) is 14.8 Å². The van der Waals surface area contributed by atoms with E-state index in [1.165, 1.54) is 24.3 Å². The van der Waals surface area contributed by atoms with E-state index in [0.717, 1.165) is 5.56 Å². The number of ether oxygens (including phenoxy) is 1. The zero-order valence-electron chi connectivity index (χ0n) is 16.0. The summed E-state index contributed by atoms with van der Waals surface area (Å²) in [4.78, 5) is 12.3. The van der Waals surface area contributed by atoms with Crippen molar-refractivity contribution in [1.29, 1.82) is 5.26 Å². The molecule has 0 aliphatic rings. The molecule has 0 saturated heterocycles. The lowest BCUT2D eigenvalue weighted by molar-refractivity contribution is 0.0279. The Morgan fingerprint density at radius 2 is 1.87 bits per heavy atom. The highest BCUT2D eigenvalue weighted by atomic mass is 32.2. The molecule has 1 N–H and O–H groups in total. The number of nitriles is 1. The molecule has 0 bridgehead atoms. The number of carbonyl (C=O) groups excluding carboxylic acids is 1. The van der Waals surface area contributed by atoms with Gasteiger partial charge in [-0.3, -0.25) is 0 Å². The van der Waals surface area contributed by atoms with Crippen LogP contribution in [0.2, 0.25) is 0 Å². The lowest BCUT2D eigenvalue weighted by Crippen LogP contribution is -2.24. The maximum absolute atomic E-state index is 12.4. The lowest BCUT2D eigenvalue weighted by Gasteiger charge is -2.10. The van der Waals surface area contributed by atoms with E-state index in [-0.39, 0.29) is 29.3 Å². The molecule has 1 aromatic heterocycles. The van der Waals surface area contributed by atoms with Crippen LogP contribution in [0.1, 0.15) is 35.7 Å². The van der Waals surface area contributed by atoms with Crippen molar-refractivity contribution in [3.63, 3.8) is 0 Å². The van der Waals surface area contributed by atoms with E-state index < -0.39 is 22.1 Å². The first-order valence-corrected chi connectivity index (χ1v) is 10.5. The van der Waals surface area contributed by atoms with Gasteiger partial charge in [0, 0.05) is 18.5 Å². The first-order valence-electron chi connectivity index (χ1n) is 8.97. The van der Waals surface area contributed by atoms with Crippen LogP contribution in [0, 0.1) is 11.3 Å². The van der Waals surface area contributed by atoms with Crippen LogP contribution >= 0.6 is 0 Å². The standard InChI is InChI=1S/C20H18N4O5S/c1-14(18-23-24-19(29-18)15-6-3-2-4-7-15)28-20(25)16-8-10-17(11-9-16)30(26,27)22-13-5-12-21/h2-4,6-11,14,22H,5,13H2,1H3. The highest BCUT2D eigenvalue weighted by Crippen LogP contribution is 2.23. The molecule has 0 saturated carbocycles. The molecular formula is C20H18N4O5S. The molecule has 2 aromatic carbocycles. The second-order valence-corrected chi connectivity index (χ2v) is 7.96. The van der Waals surface area contributed by atoms with Crippen molar-refractivity contribution in [2.45, 2.75) is 24.3 Å². The second kappa shape index (κ2) is 9.30. The Hall–Kier alpha value is -3.55. The fourth-order valence-corrected chi connectivity index (χ4v) is 3.50. The van der Waals surface area contributed by atoms with Gasteiger partial charge in [0.1, 0.15) is 0 Å². The number of aromatic nitrogens is 2. The fraction of sp³-hybridized carbons (Fsp3) is 0.200. The van der Waals surface area contributed by atoms with Gasteiger partial charge >= 0.3 is 5.97 Å². The Balaban J connectivity index is 1.65. The molecule has 1 heterocycles. The average molecular weight is 426 g/mol. The third kappa shape index (κ3) is 5.08. The molecule has 30 heavy (non-hydrogen) atoms. The Labute approximate surface area is 173 Å². The molecule has 10 heteroatoms. The predicted molar refractivity (Wildman–Crippen MR) is 105 cm³/mol. The number of sulfonamides is 1. The summed E-state index contributed by atoms with van der Waals surface area (Å²) in [6.45, 7) is 1.60. The summed E-state index contributed by atoms with van der Waals surface area (Å²) in [6, 6.07) is 16.3. The molecule has 3 aromatic rings. The number of esters is 1. The largest absolute Gasteiger partial charge is 0.449 e. The molecule has 0 aliphatic carbocycles. The van der Waals surface area contributed by atoms with Gasteiger partial charge in [0.25, 0.3) is 5.89 Å². The minimum absolute atomic E-state index is 0.00922. The van der Waals surface area contributed by atoms with Gasteiger partial charge in [-0.15, -0.1) is 10.2 Å². The van der Waals surface area contributed by atoms with Gasteiger partial charge in [-0.1, -0.05) is 18.2 Å². The summed E-state index contributed by atoms with van der Waals surface area (Å²) in [5.41, 5.74) is 0.913. The Kier molecular flexibility index (Phi) is 6.56. The third-order valence-electron chi connectivity index (χ3n) is 4.02. The van der Waals surface area contributed by atoms with E-state index in [0.29, 0.717) is 5.89 Å². The lowest BCUT2D eigenvalue weighted by atomic mass is 10.2. The number of carbonyl (C=O) groups is 1. The smallest absolute Gasteiger partial charge is 0.338 e. The van der Waals surface area contributed by atoms with Crippen molar-refractivity contribution >= 4 is 16.0 Å². The molecule has 1 atom stereocenters. The SMILES string of the molecule is CC(OC(=O)c1ccc(S(=O)(=O)NCCC#N)cc1)c1nnc(-c2ccccc2)o1. The van der Waals surface area contributed by atoms with Crippen LogP contribution < -0.4 is 4.72 Å². The van der Waals surface area contributed by atoms with Crippen molar-refractivity contribution in [1.82, 2.24) is 14.9 Å². The minimum Gasteiger partial charge on any atom is -0.449 e. The first kappa shape index (κ1) is 21.2. The topological polar surface area (TPSA) is 135 Å². The van der Waals surface area contributed by atoms with E-state index in [9.17, 15) is 13.2 Å². The highest BCUT2D eigenvalue weighted by Gasteiger charge is 2.21. The van der Waals surface area contributed by atoms with Gasteiger partial charge in [-0.25, -0.2) is 17.9 Å². The summed E-state index contributed by atoms with van der Waals surface area (Å²) < 4.78 is 37.4. The minimum atomic E-state index is -3.75. The van der Waals surface area contributed by atoms with Crippen LogP contribution in [0.3, 0.4) is 0 Å². The van der Waals surface area contributed by atoms with Gasteiger partial charge in [0.05, 0.1) is 16.5 Å². The van der Waals surface area contributed by atoms with Crippen LogP contribution in [-0.4, -0.2) is 31.1 Å². The molecule has 9 nitrogen and oxygen atoms in total. The molecular weight excluding hydrogens is 408 g/mol. The van der Waals surface area contributed by atoms with Gasteiger partial charge in [0.15, 0.2) is 6.10 Å². The van der Waals surface area contributed by atoms with Crippen molar-refractivity contribution in [3.05, 3.63) is 66.1 Å². The summed E-state index contributed by atoms with van der Waals surface area (Å²) in [5, 5.41) is 16.4. The summed E-state index contributed by atoms with van der Waals surface area (Å²) in [7, 11) is -3.75. The van der Waals surface area contributed by atoms with Crippen molar-refractivity contribution < 1.29 is 22.4 Å². The zero-order valence-corrected chi connectivity index (χ0v) is 16.8. The normalized spacial score (nSPS) is 12.1. The second-order valence-electron chi connectivity index (χ2n) is 6.19. The van der Waals surface area contributed by atoms with Crippen molar-refractivity contribution in [3.8, 4) is 17.5 Å². The maximum Gasteiger partial charge on any atom is 0.338 e. The molecule has 154 valence electrons. The van der Waals surface area contributed by atoms with Gasteiger partial charge in [-0.2, -0.15) is 5.26 Å². The van der Waals surface area contributed by atoms with Crippen LogP contribution in [0.25, 0.3) is 11.5 Å². The quantitative estimate of drug-likeness (QED) is 0.429. The molecule has 0 radical (unpaired) electrons. The number of rotatable bonds is 8. The van der Waals surface area contributed by atoms with E-state index in [1.807, 2.05) is 36.4 Å². The first-order chi connectivity index (χ1) is 14.4. The van der Waals surface area contributed by atoms with E-state index in [4.69, 9.17) is 14.4 Å². The van der Waals surface area contributed by atoms with Crippen LogP contribution in [0.4, 0.5) is 0 Å². The molecule has 0 fully saturated rings. The summed E-state index contributed by atoms with van der Waals surface area (Å²) >= 11 is 0. The fourth-order valence-electron chi connectivity index (χ4n) is 2.47. The zero-order chi connectivity index (χ0) is 21.6. The molecule has 1 unspecified atom stereocenters. The van der Waals surface area contributed by atoms with E-state index in [1.54, 1.807) is 6.92 Å². The van der Waals surface area contributed by atoms with Crippen LogP contribution in [0.5, 0.6) is 0 Å². The number of hydrogen-bond donors (Lipinski definition) is 1. The summed E-state index contributed by atoms with van der Waals surface area (Å²) in [5.74, 6) is -0.210. The van der Waals surface area contributed by atoms with Gasteiger partial charge in [-0.05, 0) is 43.3 Å². The van der Waals surface area contributed by atoms with Crippen LogP contribution in [0.15, 0.2) is 63.9 Å². The Morgan fingerprint density at radius 1 is 1.17 bits per heavy atom. The van der Waals surface area contributed by atoms with Crippen molar-refractivity contribution in [2.75, 3.05) is 6.54 Å². The number of hydrogen-bond acceptors (Lipinski definition) is 8. The van der Waals surface area contributed by atoms with Gasteiger partial charge < -0.3 is 9.15 Å². The summed E-state index contributed by atoms with van der Waals surface area (Å²) in [6.07, 6.45) is -0.734. The number of nitrogens with zero attached hydrogens (tertiary/aromatic N) is 3. The molecule has 0 spiro atoms. The van der Waals surface area contributed by atoms with Gasteiger partial charge in [0.2, 0.25) is 15.9 Å². The maximum atomic E-state index is 12.4. The molecule has 3 rings (SSSR count). The average Bonchev–Trinajstić information content (AvgIpc) is 3.25. The highest BCUT2D eigenvalue weighted by molar-refractivity contribution is 7.89. The Morgan fingerprint density at radius 3 is 2.53 bits per heavy atom. The monoisotopic (exact) mass is 426 g/mol. The predicted octanol–water partition coefficient (Wildman–Crippen LogP) is 2.85. The number of nitrogens with one attached hydrogen (secondary N) is 1. The molecule has 0 amide bonds. The Bertz CT molecular complexity index is 1150. The third-order valence-corrected chi connectivity index (χ3v) is 5.50. The van der Waals surface area contributed by atoms with E-state index >= 15 is 0 Å². The molecule has 0 aliphatic heterocycles. The number of benzene rings is 2.